The fraction of sp³-hybridized carbons (Fsp3) is 0.105. The van der Waals surface area contributed by atoms with Gasteiger partial charge in [-0.25, -0.2) is 4.79 Å². The molecule has 27 heavy (non-hydrogen) atoms. The third-order valence-electron chi connectivity index (χ3n) is 3.40. The van der Waals surface area contributed by atoms with Crippen LogP contribution in [0.4, 0.5) is 5.69 Å². The second-order valence-corrected chi connectivity index (χ2v) is 6.26. The molecule has 0 aliphatic rings. The Kier molecular flexibility index (Phi) is 6.83. The number of nitrogens with one attached hydrogen (secondary N) is 1. The zero-order chi connectivity index (χ0) is 20.0. The van der Waals surface area contributed by atoms with E-state index in [2.05, 4.69) is 5.32 Å². The second kappa shape index (κ2) is 9.08. The molecule has 1 atom stereocenters. The maximum absolute atomic E-state index is 12.3. The Morgan fingerprint density at radius 3 is 2.44 bits per heavy atom. The van der Waals surface area contributed by atoms with Crippen LogP contribution in [0.25, 0.3) is 6.08 Å². The van der Waals surface area contributed by atoms with Gasteiger partial charge in [0, 0.05) is 5.02 Å². The van der Waals surface area contributed by atoms with Crippen molar-refractivity contribution in [2.45, 2.75) is 13.0 Å². The normalized spacial score (nSPS) is 12.0. The molecule has 6 nitrogen and oxygen atoms in total. The molecule has 0 saturated carbocycles. The summed E-state index contributed by atoms with van der Waals surface area (Å²) < 4.78 is 5.22. The number of nitriles is 1. The molecular formula is C19H14Cl2N2O4. The number of halogens is 2. The fourth-order valence-corrected chi connectivity index (χ4v) is 2.45. The van der Waals surface area contributed by atoms with Crippen molar-refractivity contribution in [2.75, 3.05) is 5.32 Å². The van der Waals surface area contributed by atoms with Crippen molar-refractivity contribution < 1.29 is 19.4 Å². The van der Waals surface area contributed by atoms with Crippen LogP contribution in [0.1, 0.15) is 12.5 Å². The van der Waals surface area contributed by atoms with Crippen LogP contribution in [0.2, 0.25) is 10.0 Å². The number of rotatable bonds is 6. The molecule has 138 valence electrons. The standard InChI is InChI=1S/C19H14Cl2N2O4/c1-11(19(25)26)27-15-5-2-12(3-6-15)8-13(10-22)18(24)23-17-7-4-14(20)9-16(17)21/h2-9,11H,1H3,(H,23,24)(H,25,26)/b13-8-/t11-/m1/s1. The molecule has 0 unspecified atom stereocenters. The molecule has 2 N–H and O–H groups in total. The van der Waals surface area contributed by atoms with Crippen molar-refractivity contribution in [3.63, 3.8) is 0 Å². The van der Waals surface area contributed by atoms with Gasteiger partial charge in [-0.05, 0) is 48.9 Å². The van der Waals surface area contributed by atoms with E-state index in [0.29, 0.717) is 22.0 Å². The number of hydrogen-bond donors (Lipinski definition) is 2. The van der Waals surface area contributed by atoms with Gasteiger partial charge in [-0.3, -0.25) is 4.79 Å². The number of aliphatic carboxylic acids is 1. The maximum atomic E-state index is 12.3. The first-order valence-electron chi connectivity index (χ1n) is 7.68. The highest BCUT2D eigenvalue weighted by molar-refractivity contribution is 6.36. The quantitative estimate of drug-likeness (QED) is 0.549. The molecule has 2 aromatic carbocycles. The minimum Gasteiger partial charge on any atom is -0.479 e. The van der Waals surface area contributed by atoms with Gasteiger partial charge >= 0.3 is 5.97 Å². The smallest absolute Gasteiger partial charge is 0.344 e. The molecular weight excluding hydrogens is 391 g/mol. The molecule has 8 heteroatoms. The average Bonchev–Trinajstić information content (AvgIpc) is 2.63. The van der Waals surface area contributed by atoms with Crippen LogP contribution in [-0.4, -0.2) is 23.1 Å². The van der Waals surface area contributed by atoms with Crippen molar-refractivity contribution in [3.05, 3.63) is 63.6 Å². The van der Waals surface area contributed by atoms with E-state index in [-0.39, 0.29) is 10.6 Å². The first-order chi connectivity index (χ1) is 12.8. The number of ether oxygens (including phenoxy) is 1. The topological polar surface area (TPSA) is 99.4 Å². The summed E-state index contributed by atoms with van der Waals surface area (Å²) in [6.45, 7) is 1.41. The zero-order valence-corrected chi connectivity index (χ0v) is 15.6. The number of amides is 1. The van der Waals surface area contributed by atoms with Gasteiger partial charge < -0.3 is 15.2 Å². The molecule has 2 aromatic rings. The minimum atomic E-state index is -1.08. The first kappa shape index (κ1) is 20.3. The first-order valence-corrected chi connectivity index (χ1v) is 8.43. The van der Waals surface area contributed by atoms with E-state index < -0.39 is 18.0 Å². The Morgan fingerprint density at radius 2 is 1.89 bits per heavy atom. The highest BCUT2D eigenvalue weighted by Crippen LogP contribution is 2.26. The Bertz CT molecular complexity index is 934. The second-order valence-electron chi connectivity index (χ2n) is 5.42. The van der Waals surface area contributed by atoms with Gasteiger partial charge in [0.25, 0.3) is 5.91 Å². The molecule has 0 aliphatic heterocycles. The van der Waals surface area contributed by atoms with E-state index in [9.17, 15) is 14.9 Å². The van der Waals surface area contributed by atoms with Crippen molar-refractivity contribution >= 4 is 46.8 Å². The largest absolute Gasteiger partial charge is 0.479 e. The molecule has 0 bridgehead atoms. The fourth-order valence-electron chi connectivity index (χ4n) is 1.99. The van der Waals surface area contributed by atoms with E-state index >= 15 is 0 Å². The Balaban J connectivity index is 2.14. The maximum Gasteiger partial charge on any atom is 0.344 e. The summed E-state index contributed by atoms with van der Waals surface area (Å²) in [7, 11) is 0. The van der Waals surface area contributed by atoms with Gasteiger partial charge in [0.05, 0.1) is 10.7 Å². The number of carboxylic acid groups (broad SMARTS) is 1. The summed E-state index contributed by atoms with van der Waals surface area (Å²) in [5.74, 6) is -1.34. The van der Waals surface area contributed by atoms with Crippen LogP contribution in [0.15, 0.2) is 48.0 Å². The molecule has 0 heterocycles. The van der Waals surface area contributed by atoms with E-state index in [1.807, 2.05) is 6.07 Å². The summed E-state index contributed by atoms with van der Waals surface area (Å²) in [6, 6.07) is 12.7. The molecule has 0 radical (unpaired) electrons. The molecule has 0 aliphatic carbocycles. The summed E-state index contributed by atoms with van der Waals surface area (Å²) in [5, 5.41) is 21.3. The Hall–Kier alpha value is -3.01. The van der Waals surface area contributed by atoms with Crippen LogP contribution in [0.3, 0.4) is 0 Å². The number of carbonyl (C=O) groups excluding carboxylic acids is 1. The van der Waals surface area contributed by atoms with Crippen molar-refractivity contribution in [3.8, 4) is 11.8 Å². The number of carbonyl (C=O) groups is 2. The number of hydrogen-bond acceptors (Lipinski definition) is 4. The molecule has 2 rings (SSSR count). The van der Waals surface area contributed by atoms with Gasteiger partial charge in [0.1, 0.15) is 17.4 Å². The SMILES string of the molecule is C[C@@H](Oc1ccc(/C=C(/C#N)C(=O)Nc2ccc(Cl)cc2Cl)cc1)C(=O)O. The van der Waals surface area contributed by atoms with E-state index in [4.69, 9.17) is 33.0 Å². The molecule has 0 fully saturated rings. The molecule has 0 aromatic heterocycles. The van der Waals surface area contributed by atoms with Gasteiger partial charge in [0.15, 0.2) is 6.10 Å². The Labute approximate surface area is 165 Å². The lowest BCUT2D eigenvalue weighted by atomic mass is 10.1. The lowest BCUT2D eigenvalue weighted by Gasteiger charge is -2.10. The average molecular weight is 405 g/mol. The van der Waals surface area contributed by atoms with Gasteiger partial charge in [0.2, 0.25) is 0 Å². The molecule has 0 spiro atoms. The third kappa shape index (κ3) is 5.74. The lowest BCUT2D eigenvalue weighted by molar-refractivity contribution is -0.144. The highest BCUT2D eigenvalue weighted by Gasteiger charge is 2.13. The monoisotopic (exact) mass is 404 g/mol. The van der Waals surface area contributed by atoms with Gasteiger partial charge in [-0.1, -0.05) is 35.3 Å². The minimum absolute atomic E-state index is 0.131. The van der Waals surface area contributed by atoms with Crippen LogP contribution in [-0.2, 0) is 9.59 Å². The molecule has 1 amide bonds. The molecule has 0 saturated heterocycles. The summed E-state index contributed by atoms with van der Waals surface area (Å²) >= 11 is 11.8. The van der Waals surface area contributed by atoms with Crippen LogP contribution in [0.5, 0.6) is 5.75 Å². The summed E-state index contributed by atoms with van der Waals surface area (Å²) in [4.78, 5) is 23.1. The highest BCUT2D eigenvalue weighted by atomic mass is 35.5. The van der Waals surface area contributed by atoms with Gasteiger partial charge in [-0.15, -0.1) is 0 Å². The predicted molar refractivity (Wildman–Crippen MR) is 103 cm³/mol. The number of benzene rings is 2. The number of carboxylic acids is 1. The van der Waals surface area contributed by atoms with Crippen molar-refractivity contribution in [1.82, 2.24) is 0 Å². The summed E-state index contributed by atoms with van der Waals surface area (Å²) in [5.41, 5.74) is 0.770. The lowest BCUT2D eigenvalue weighted by Crippen LogP contribution is -2.22. The predicted octanol–water partition coefficient (Wildman–Crippen LogP) is 4.39. The van der Waals surface area contributed by atoms with E-state index in [1.54, 1.807) is 30.3 Å². The third-order valence-corrected chi connectivity index (χ3v) is 3.94. The Morgan fingerprint density at radius 1 is 1.22 bits per heavy atom. The van der Waals surface area contributed by atoms with Gasteiger partial charge in [-0.2, -0.15) is 5.26 Å². The van der Waals surface area contributed by atoms with E-state index in [1.165, 1.54) is 25.1 Å². The number of nitrogens with zero attached hydrogens (tertiary/aromatic N) is 1. The van der Waals surface area contributed by atoms with Crippen LogP contribution in [0, 0.1) is 11.3 Å². The number of anilines is 1. The van der Waals surface area contributed by atoms with Crippen LogP contribution >= 0.6 is 23.2 Å². The summed E-state index contributed by atoms with van der Waals surface area (Å²) in [6.07, 6.45) is 0.403. The van der Waals surface area contributed by atoms with Crippen molar-refractivity contribution in [2.24, 2.45) is 0 Å². The van der Waals surface area contributed by atoms with Crippen molar-refractivity contribution in [1.29, 1.82) is 5.26 Å². The van der Waals surface area contributed by atoms with E-state index in [0.717, 1.165) is 0 Å². The van der Waals surface area contributed by atoms with Crippen LogP contribution < -0.4 is 10.1 Å². The zero-order valence-electron chi connectivity index (χ0n) is 14.1.